The molecule has 2 aliphatic rings. The van der Waals surface area contributed by atoms with Crippen molar-refractivity contribution in [2.75, 3.05) is 0 Å². The molecule has 2 heterocycles. The van der Waals surface area contributed by atoms with Gasteiger partial charge in [0.2, 0.25) is 0 Å². The quantitative estimate of drug-likeness (QED) is 0.539. The SMILES string of the molecule is On1cccc2ncnc1-2. The first-order valence-electron chi connectivity index (χ1n) is 2.85. The first kappa shape index (κ1) is 5.22. The molecule has 1 N–H and O–H groups in total. The van der Waals surface area contributed by atoms with E-state index >= 15 is 0 Å². The summed E-state index contributed by atoms with van der Waals surface area (Å²) in [6.07, 6.45) is 2.92. The van der Waals surface area contributed by atoms with Crippen LogP contribution >= 0.6 is 0 Å². The fraction of sp³-hybridized carbons (Fsp3) is 0. The number of nitrogens with zero attached hydrogens (tertiary/aromatic N) is 3. The van der Waals surface area contributed by atoms with E-state index in [0.29, 0.717) is 11.5 Å². The highest BCUT2D eigenvalue weighted by atomic mass is 16.5. The lowest BCUT2D eigenvalue weighted by Gasteiger charge is -1.99. The number of hydrogen-bond donors (Lipinski definition) is 1. The summed E-state index contributed by atoms with van der Waals surface area (Å²) in [5, 5.41) is 9.07. The maximum Gasteiger partial charge on any atom is 0.195 e. The Bertz CT molecular complexity index is 317. The summed E-state index contributed by atoms with van der Waals surface area (Å²) in [5.41, 5.74) is 0.699. The molecule has 50 valence electrons. The van der Waals surface area contributed by atoms with Gasteiger partial charge in [0, 0.05) is 6.20 Å². The predicted molar refractivity (Wildman–Crippen MR) is 33.8 cm³/mol. The van der Waals surface area contributed by atoms with Gasteiger partial charge in [-0.3, -0.25) is 0 Å². The molecule has 0 aromatic heterocycles. The van der Waals surface area contributed by atoms with E-state index in [1.165, 1.54) is 12.5 Å². The standard InChI is InChI=1S/C6H5N3O/c10-9-3-1-2-5-6(9)8-4-7-5/h1-4,10H. The van der Waals surface area contributed by atoms with Crippen molar-refractivity contribution in [3.05, 3.63) is 24.7 Å². The average molecular weight is 135 g/mol. The van der Waals surface area contributed by atoms with Crippen LogP contribution in [0, 0.1) is 0 Å². The van der Waals surface area contributed by atoms with E-state index in [1.54, 1.807) is 12.1 Å². The maximum absolute atomic E-state index is 9.07. The number of rotatable bonds is 0. The fourth-order valence-corrected chi connectivity index (χ4v) is 0.850. The molecule has 0 amide bonds. The molecule has 4 heteroatoms. The van der Waals surface area contributed by atoms with Gasteiger partial charge in [0.15, 0.2) is 5.82 Å². The normalized spacial score (nSPS) is 10.4. The van der Waals surface area contributed by atoms with Crippen molar-refractivity contribution in [1.82, 2.24) is 14.7 Å². The van der Waals surface area contributed by atoms with Gasteiger partial charge in [-0.1, -0.05) is 0 Å². The lowest BCUT2D eigenvalue weighted by atomic mass is 10.3. The van der Waals surface area contributed by atoms with Crippen molar-refractivity contribution in [2.45, 2.75) is 0 Å². The third-order valence-corrected chi connectivity index (χ3v) is 1.30. The highest BCUT2D eigenvalue weighted by Gasteiger charge is 2.06. The van der Waals surface area contributed by atoms with Gasteiger partial charge in [0.1, 0.15) is 12.0 Å². The van der Waals surface area contributed by atoms with Crippen LogP contribution in [0.3, 0.4) is 0 Å². The lowest BCUT2D eigenvalue weighted by molar-refractivity contribution is 0.186. The zero-order chi connectivity index (χ0) is 6.97. The molecule has 0 atom stereocenters. The molecule has 0 saturated carbocycles. The molecule has 0 aromatic rings. The van der Waals surface area contributed by atoms with Gasteiger partial charge < -0.3 is 5.21 Å². The van der Waals surface area contributed by atoms with Crippen LogP contribution in [0.2, 0.25) is 0 Å². The number of imidazole rings is 1. The van der Waals surface area contributed by atoms with Crippen LogP contribution in [0.25, 0.3) is 11.5 Å². The van der Waals surface area contributed by atoms with E-state index in [2.05, 4.69) is 9.97 Å². The lowest BCUT2D eigenvalue weighted by Crippen LogP contribution is -1.96. The van der Waals surface area contributed by atoms with E-state index in [9.17, 15) is 0 Å². The van der Waals surface area contributed by atoms with Crippen molar-refractivity contribution < 1.29 is 5.21 Å². The first-order valence-corrected chi connectivity index (χ1v) is 2.85. The molecule has 0 unspecified atom stereocenters. The summed E-state index contributed by atoms with van der Waals surface area (Å²) in [6, 6.07) is 3.49. The van der Waals surface area contributed by atoms with Crippen molar-refractivity contribution in [3.8, 4) is 11.5 Å². The number of fused-ring (bicyclic) bond motifs is 1. The minimum absolute atomic E-state index is 0.488. The topological polar surface area (TPSA) is 50.9 Å². The Morgan fingerprint density at radius 3 is 3.10 bits per heavy atom. The predicted octanol–water partition coefficient (Wildman–Crippen LogP) is 0.620. The monoisotopic (exact) mass is 135 g/mol. The number of pyridine rings is 1. The van der Waals surface area contributed by atoms with Gasteiger partial charge in [-0.05, 0) is 12.1 Å². The second-order valence-electron chi connectivity index (χ2n) is 1.94. The highest BCUT2D eigenvalue weighted by Crippen LogP contribution is 2.13. The Hall–Kier alpha value is -1.58. The highest BCUT2D eigenvalue weighted by molar-refractivity contribution is 5.49. The van der Waals surface area contributed by atoms with Crippen molar-refractivity contribution in [1.29, 1.82) is 0 Å². The van der Waals surface area contributed by atoms with E-state index < -0.39 is 0 Å². The van der Waals surface area contributed by atoms with E-state index in [-0.39, 0.29) is 0 Å². The Morgan fingerprint density at radius 2 is 2.30 bits per heavy atom. The molecule has 4 nitrogen and oxygen atoms in total. The minimum Gasteiger partial charge on any atom is -0.427 e. The second-order valence-corrected chi connectivity index (χ2v) is 1.94. The summed E-state index contributed by atoms with van der Waals surface area (Å²) >= 11 is 0. The Balaban J connectivity index is 2.80. The number of hydrogen-bond acceptors (Lipinski definition) is 3. The van der Waals surface area contributed by atoms with E-state index in [1.807, 2.05) is 0 Å². The Morgan fingerprint density at radius 1 is 1.40 bits per heavy atom. The largest absolute Gasteiger partial charge is 0.427 e. The van der Waals surface area contributed by atoms with Gasteiger partial charge in [-0.2, -0.15) is 4.73 Å². The van der Waals surface area contributed by atoms with Gasteiger partial charge in [0.05, 0.1) is 0 Å². The third kappa shape index (κ3) is 0.556. The maximum atomic E-state index is 9.07. The van der Waals surface area contributed by atoms with Gasteiger partial charge in [-0.25, -0.2) is 9.97 Å². The van der Waals surface area contributed by atoms with Crippen LogP contribution < -0.4 is 0 Å². The van der Waals surface area contributed by atoms with Crippen LogP contribution in [-0.4, -0.2) is 19.9 Å². The Kier molecular flexibility index (Phi) is 0.887. The van der Waals surface area contributed by atoms with Crippen molar-refractivity contribution in [2.24, 2.45) is 0 Å². The zero-order valence-corrected chi connectivity index (χ0v) is 5.10. The molecule has 0 aliphatic carbocycles. The van der Waals surface area contributed by atoms with Gasteiger partial charge >= 0.3 is 0 Å². The first-order chi connectivity index (χ1) is 4.88. The molecule has 0 bridgehead atoms. The fourth-order valence-electron chi connectivity index (χ4n) is 0.850. The zero-order valence-electron chi connectivity index (χ0n) is 5.10. The molecule has 0 aromatic carbocycles. The van der Waals surface area contributed by atoms with E-state index in [4.69, 9.17) is 5.21 Å². The summed E-state index contributed by atoms with van der Waals surface area (Å²) in [6.45, 7) is 0. The molecule has 0 fully saturated rings. The van der Waals surface area contributed by atoms with Crippen molar-refractivity contribution >= 4 is 0 Å². The molecular formula is C6H5N3O. The van der Waals surface area contributed by atoms with Gasteiger partial charge in [0.25, 0.3) is 0 Å². The molecule has 0 spiro atoms. The average Bonchev–Trinajstić information content (AvgIpc) is 2.36. The summed E-state index contributed by atoms with van der Waals surface area (Å²) in [4.78, 5) is 7.71. The molecule has 2 rings (SSSR count). The van der Waals surface area contributed by atoms with Crippen molar-refractivity contribution in [3.63, 3.8) is 0 Å². The van der Waals surface area contributed by atoms with Crippen LogP contribution in [-0.2, 0) is 0 Å². The van der Waals surface area contributed by atoms with Crippen LogP contribution in [0.5, 0.6) is 0 Å². The molecule has 2 aliphatic heterocycles. The van der Waals surface area contributed by atoms with E-state index in [0.717, 1.165) is 4.73 Å². The smallest absolute Gasteiger partial charge is 0.195 e. The summed E-state index contributed by atoms with van der Waals surface area (Å²) in [7, 11) is 0. The summed E-state index contributed by atoms with van der Waals surface area (Å²) in [5.74, 6) is 0.488. The van der Waals surface area contributed by atoms with Crippen LogP contribution in [0.1, 0.15) is 0 Å². The molecule has 10 heavy (non-hydrogen) atoms. The Labute approximate surface area is 57.1 Å². The molecular weight excluding hydrogens is 130 g/mol. The van der Waals surface area contributed by atoms with Crippen LogP contribution in [0.4, 0.5) is 0 Å². The minimum atomic E-state index is 0.488. The molecule has 0 saturated heterocycles. The van der Waals surface area contributed by atoms with Gasteiger partial charge in [-0.15, -0.1) is 0 Å². The molecule has 0 radical (unpaired) electrons. The second kappa shape index (κ2) is 1.70. The number of aromatic nitrogens is 3. The summed E-state index contributed by atoms with van der Waals surface area (Å²) < 4.78 is 0.947. The van der Waals surface area contributed by atoms with Crippen LogP contribution in [0.15, 0.2) is 24.7 Å². The third-order valence-electron chi connectivity index (χ3n) is 1.30.